The van der Waals surface area contributed by atoms with Crippen molar-refractivity contribution in [2.24, 2.45) is 0 Å². The summed E-state index contributed by atoms with van der Waals surface area (Å²) in [6, 6.07) is 19.4. The van der Waals surface area contributed by atoms with E-state index in [1.54, 1.807) is 42.6 Å². The van der Waals surface area contributed by atoms with Gasteiger partial charge in [0.05, 0.1) is 10.6 Å². The number of carbonyl (C=O) groups is 3. The van der Waals surface area contributed by atoms with Gasteiger partial charge >= 0.3 is 0 Å². The summed E-state index contributed by atoms with van der Waals surface area (Å²) in [5, 5.41) is 4.41. The minimum Gasteiger partial charge on any atom is -0.361 e. The van der Waals surface area contributed by atoms with E-state index in [2.05, 4.69) is 21.2 Å². The number of nitrogens with one attached hydrogen (secondary N) is 4. The Labute approximate surface area is 205 Å². The fraction of sp³-hybridized carbons (Fsp3) is 0.0800. The van der Waals surface area contributed by atoms with Gasteiger partial charge in [-0.25, -0.2) is 0 Å². The van der Waals surface area contributed by atoms with Gasteiger partial charge in [-0.1, -0.05) is 53.5 Å². The highest BCUT2D eigenvalue weighted by molar-refractivity contribution is 6.33. The van der Waals surface area contributed by atoms with Gasteiger partial charge < -0.3 is 10.3 Å². The molecule has 1 heterocycles. The van der Waals surface area contributed by atoms with E-state index in [1.165, 1.54) is 12.1 Å². The first-order valence-corrected chi connectivity index (χ1v) is 11.1. The molecule has 1 aromatic heterocycles. The Hall–Kier alpha value is -3.81. The predicted octanol–water partition coefficient (Wildman–Crippen LogP) is 4.28. The first kappa shape index (κ1) is 23.4. The lowest BCUT2D eigenvalue weighted by Gasteiger charge is -2.19. The van der Waals surface area contributed by atoms with Crippen molar-refractivity contribution in [3.8, 4) is 0 Å². The first-order chi connectivity index (χ1) is 16.4. The molecule has 4 N–H and O–H groups in total. The fourth-order valence-electron chi connectivity index (χ4n) is 3.49. The molecule has 0 saturated heterocycles. The van der Waals surface area contributed by atoms with Crippen molar-refractivity contribution >= 4 is 51.8 Å². The summed E-state index contributed by atoms with van der Waals surface area (Å²) in [6.45, 7) is 0. The van der Waals surface area contributed by atoms with Gasteiger partial charge in [-0.05, 0) is 48.0 Å². The zero-order valence-corrected chi connectivity index (χ0v) is 19.3. The zero-order chi connectivity index (χ0) is 24.1. The van der Waals surface area contributed by atoms with Gasteiger partial charge in [0.25, 0.3) is 17.7 Å². The van der Waals surface area contributed by atoms with E-state index in [0.29, 0.717) is 10.6 Å². The van der Waals surface area contributed by atoms with Crippen molar-refractivity contribution in [3.05, 3.63) is 106 Å². The van der Waals surface area contributed by atoms with Crippen LogP contribution >= 0.6 is 23.2 Å². The van der Waals surface area contributed by atoms with Crippen LogP contribution in [0.1, 0.15) is 26.3 Å². The molecule has 34 heavy (non-hydrogen) atoms. The number of aromatic nitrogens is 1. The molecule has 3 aromatic carbocycles. The van der Waals surface area contributed by atoms with Crippen molar-refractivity contribution < 1.29 is 14.4 Å². The topological polar surface area (TPSA) is 103 Å². The average molecular weight is 495 g/mol. The summed E-state index contributed by atoms with van der Waals surface area (Å²) >= 11 is 12.0. The first-order valence-electron chi connectivity index (χ1n) is 10.4. The molecule has 172 valence electrons. The number of para-hydroxylation sites is 1. The van der Waals surface area contributed by atoms with Gasteiger partial charge in [-0.2, -0.15) is 0 Å². The van der Waals surface area contributed by atoms with E-state index in [1.807, 2.05) is 24.3 Å². The molecule has 0 saturated carbocycles. The van der Waals surface area contributed by atoms with E-state index < -0.39 is 23.8 Å². The highest BCUT2D eigenvalue weighted by atomic mass is 35.5. The Kier molecular flexibility index (Phi) is 7.15. The summed E-state index contributed by atoms with van der Waals surface area (Å²) in [4.78, 5) is 41.5. The zero-order valence-electron chi connectivity index (χ0n) is 17.8. The molecule has 4 rings (SSSR count). The number of halogens is 2. The SMILES string of the molecule is O=C(NNC(=O)[C@H](Cc1c[nH]c2ccccc12)NC(=O)c1ccccc1Cl)c1ccc(Cl)cc1. The normalized spacial score (nSPS) is 11.6. The van der Waals surface area contributed by atoms with Gasteiger partial charge in [0.15, 0.2) is 0 Å². The van der Waals surface area contributed by atoms with Crippen molar-refractivity contribution in [2.75, 3.05) is 0 Å². The largest absolute Gasteiger partial charge is 0.361 e. The maximum atomic E-state index is 13.0. The molecule has 9 heteroatoms. The molecule has 0 bridgehead atoms. The van der Waals surface area contributed by atoms with Gasteiger partial charge in [0, 0.05) is 34.1 Å². The van der Waals surface area contributed by atoms with Crippen molar-refractivity contribution in [3.63, 3.8) is 0 Å². The molecule has 0 unspecified atom stereocenters. The number of hydrogen-bond donors (Lipinski definition) is 4. The molecular formula is C25H20Cl2N4O3. The third-order valence-electron chi connectivity index (χ3n) is 5.24. The number of amides is 3. The van der Waals surface area contributed by atoms with Crippen LogP contribution in [0.25, 0.3) is 10.9 Å². The number of benzene rings is 3. The molecule has 0 fully saturated rings. The number of H-pyrrole nitrogens is 1. The summed E-state index contributed by atoms with van der Waals surface area (Å²) in [5.74, 6) is -1.61. The smallest absolute Gasteiger partial charge is 0.269 e. The number of rotatable bonds is 6. The number of hydrazine groups is 1. The Morgan fingerprint density at radius 2 is 1.53 bits per heavy atom. The van der Waals surface area contributed by atoms with Crippen molar-refractivity contribution in [2.45, 2.75) is 12.5 Å². The second-order valence-corrected chi connectivity index (χ2v) is 8.36. The maximum Gasteiger partial charge on any atom is 0.269 e. The standard InChI is InChI=1S/C25H20Cl2N4O3/c26-17-11-9-15(10-12-17)23(32)30-31-25(34)22(29-24(33)19-6-1-3-7-20(19)27)13-16-14-28-21-8-4-2-5-18(16)21/h1-12,14,22,28H,13H2,(H,29,33)(H,30,32)(H,31,34)/t22-/m0/s1. The quantitative estimate of drug-likeness (QED) is 0.301. The van der Waals surface area contributed by atoms with Crippen LogP contribution in [-0.2, 0) is 11.2 Å². The van der Waals surface area contributed by atoms with Gasteiger partial charge in [-0.15, -0.1) is 0 Å². The lowest BCUT2D eigenvalue weighted by molar-refractivity contribution is -0.123. The second kappa shape index (κ2) is 10.4. The van der Waals surface area contributed by atoms with Gasteiger partial charge in [-0.3, -0.25) is 25.2 Å². The Morgan fingerprint density at radius 1 is 0.824 bits per heavy atom. The summed E-state index contributed by atoms with van der Waals surface area (Å²) in [7, 11) is 0. The minimum absolute atomic E-state index is 0.183. The molecule has 7 nitrogen and oxygen atoms in total. The van der Waals surface area contributed by atoms with Gasteiger partial charge in [0.2, 0.25) is 0 Å². The van der Waals surface area contributed by atoms with E-state index in [9.17, 15) is 14.4 Å². The number of aromatic amines is 1. The van der Waals surface area contributed by atoms with Crippen LogP contribution in [0.3, 0.4) is 0 Å². The number of fused-ring (bicyclic) bond motifs is 1. The number of carbonyl (C=O) groups excluding carboxylic acids is 3. The minimum atomic E-state index is -0.992. The second-order valence-electron chi connectivity index (χ2n) is 7.52. The third kappa shape index (κ3) is 5.39. The molecule has 3 amide bonds. The van der Waals surface area contributed by atoms with Crippen LogP contribution in [0, 0.1) is 0 Å². The molecular weight excluding hydrogens is 475 g/mol. The average Bonchev–Trinajstić information content (AvgIpc) is 3.25. The lowest BCUT2D eigenvalue weighted by atomic mass is 10.0. The monoisotopic (exact) mass is 494 g/mol. The van der Waals surface area contributed by atoms with Crippen molar-refractivity contribution in [1.82, 2.24) is 21.2 Å². The van der Waals surface area contributed by atoms with Crippen LogP contribution in [-0.4, -0.2) is 28.7 Å². The van der Waals surface area contributed by atoms with E-state index in [4.69, 9.17) is 23.2 Å². The highest BCUT2D eigenvalue weighted by Crippen LogP contribution is 2.20. The van der Waals surface area contributed by atoms with Crippen LogP contribution in [0.2, 0.25) is 10.0 Å². The Balaban J connectivity index is 1.53. The van der Waals surface area contributed by atoms with Crippen LogP contribution in [0.5, 0.6) is 0 Å². The fourth-order valence-corrected chi connectivity index (χ4v) is 3.84. The van der Waals surface area contributed by atoms with Gasteiger partial charge in [0.1, 0.15) is 6.04 Å². The Morgan fingerprint density at radius 3 is 2.29 bits per heavy atom. The maximum absolute atomic E-state index is 13.0. The van der Waals surface area contributed by atoms with Crippen LogP contribution in [0.15, 0.2) is 79.0 Å². The summed E-state index contributed by atoms with van der Waals surface area (Å²) in [6.07, 6.45) is 1.97. The lowest BCUT2D eigenvalue weighted by Crippen LogP contribution is -2.53. The number of hydrogen-bond acceptors (Lipinski definition) is 3. The molecule has 0 aliphatic carbocycles. The third-order valence-corrected chi connectivity index (χ3v) is 5.83. The highest BCUT2D eigenvalue weighted by Gasteiger charge is 2.24. The molecule has 0 aliphatic rings. The predicted molar refractivity (Wildman–Crippen MR) is 132 cm³/mol. The van der Waals surface area contributed by atoms with E-state index >= 15 is 0 Å². The van der Waals surface area contributed by atoms with Crippen LogP contribution < -0.4 is 16.2 Å². The van der Waals surface area contributed by atoms with Crippen LogP contribution in [0.4, 0.5) is 0 Å². The molecule has 4 aromatic rings. The van der Waals surface area contributed by atoms with E-state index in [0.717, 1.165) is 16.5 Å². The summed E-state index contributed by atoms with van der Waals surface area (Å²) < 4.78 is 0. The molecule has 0 aliphatic heterocycles. The summed E-state index contributed by atoms with van der Waals surface area (Å²) in [5.41, 5.74) is 7.07. The Bertz CT molecular complexity index is 1350. The van der Waals surface area contributed by atoms with E-state index in [-0.39, 0.29) is 17.0 Å². The molecule has 0 spiro atoms. The van der Waals surface area contributed by atoms with Crippen molar-refractivity contribution in [1.29, 1.82) is 0 Å². The molecule has 0 radical (unpaired) electrons. The molecule has 1 atom stereocenters.